The zero-order chi connectivity index (χ0) is 15.2. The largest absolute Gasteiger partial charge is 0.493 e. The minimum Gasteiger partial charge on any atom is -0.493 e. The number of halogens is 2. The van der Waals surface area contributed by atoms with E-state index in [0.29, 0.717) is 17.9 Å². The SMILES string of the molecule is CCOc1ccccc1C(O)COc1c(F)cccc1F. The van der Waals surface area contributed by atoms with Gasteiger partial charge in [-0.25, -0.2) is 8.78 Å². The highest BCUT2D eigenvalue weighted by Gasteiger charge is 2.16. The van der Waals surface area contributed by atoms with Gasteiger partial charge >= 0.3 is 0 Å². The Kier molecular flexibility index (Phi) is 5.11. The molecule has 5 heteroatoms. The first-order valence-corrected chi connectivity index (χ1v) is 6.60. The van der Waals surface area contributed by atoms with Gasteiger partial charge in [-0.3, -0.25) is 0 Å². The molecule has 2 aromatic carbocycles. The predicted molar refractivity (Wildman–Crippen MR) is 74.4 cm³/mol. The van der Waals surface area contributed by atoms with E-state index in [0.717, 1.165) is 12.1 Å². The monoisotopic (exact) mass is 294 g/mol. The average molecular weight is 294 g/mol. The van der Waals surface area contributed by atoms with Gasteiger partial charge in [0.15, 0.2) is 17.4 Å². The van der Waals surface area contributed by atoms with E-state index in [1.165, 1.54) is 6.07 Å². The maximum atomic E-state index is 13.4. The topological polar surface area (TPSA) is 38.7 Å². The Hall–Kier alpha value is -2.14. The Morgan fingerprint density at radius 3 is 2.33 bits per heavy atom. The molecule has 1 atom stereocenters. The lowest BCUT2D eigenvalue weighted by Gasteiger charge is -2.16. The van der Waals surface area contributed by atoms with Crippen LogP contribution in [0.5, 0.6) is 11.5 Å². The molecule has 0 saturated heterocycles. The fourth-order valence-corrected chi connectivity index (χ4v) is 1.92. The Bertz CT molecular complexity index is 582. The van der Waals surface area contributed by atoms with Crippen molar-refractivity contribution in [1.29, 1.82) is 0 Å². The van der Waals surface area contributed by atoms with Gasteiger partial charge in [-0.15, -0.1) is 0 Å². The molecule has 3 nitrogen and oxygen atoms in total. The van der Waals surface area contributed by atoms with Crippen LogP contribution in [0.1, 0.15) is 18.6 Å². The van der Waals surface area contributed by atoms with Crippen LogP contribution >= 0.6 is 0 Å². The summed E-state index contributed by atoms with van der Waals surface area (Å²) < 4.78 is 37.3. The van der Waals surface area contributed by atoms with Gasteiger partial charge in [0.25, 0.3) is 0 Å². The molecule has 21 heavy (non-hydrogen) atoms. The molecule has 2 rings (SSSR count). The van der Waals surface area contributed by atoms with Crippen LogP contribution < -0.4 is 9.47 Å². The van der Waals surface area contributed by atoms with E-state index in [1.54, 1.807) is 24.3 Å². The van der Waals surface area contributed by atoms with Crippen molar-refractivity contribution < 1.29 is 23.4 Å². The normalized spacial score (nSPS) is 12.0. The van der Waals surface area contributed by atoms with Crippen molar-refractivity contribution in [2.24, 2.45) is 0 Å². The molecular weight excluding hydrogens is 278 g/mol. The Morgan fingerprint density at radius 2 is 1.67 bits per heavy atom. The van der Waals surface area contributed by atoms with Gasteiger partial charge in [0.2, 0.25) is 0 Å². The smallest absolute Gasteiger partial charge is 0.190 e. The number of aliphatic hydroxyl groups excluding tert-OH is 1. The van der Waals surface area contributed by atoms with Crippen molar-refractivity contribution in [1.82, 2.24) is 0 Å². The molecular formula is C16H16F2O3. The van der Waals surface area contributed by atoms with Gasteiger partial charge in [0, 0.05) is 5.56 Å². The zero-order valence-corrected chi connectivity index (χ0v) is 11.6. The third-order valence-corrected chi connectivity index (χ3v) is 2.88. The maximum absolute atomic E-state index is 13.4. The number of hydrogen-bond donors (Lipinski definition) is 1. The molecule has 0 amide bonds. The van der Waals surface area contributed by atoms with Crippen LogP contribution in [0.4, 0.5) is 8.78 Å². The fraction of sp³-hybridized carbons (Fsp3) is 0.250. The second kappa shape index (κ2) is 7.04. The number of benzene rings is 2. The van der Waals surface area contributed by atoms with Crippen molar-refractivity contribution in [3.63, 3.8) is 0 Å². The lowest BCUT2D eigenvalue weighted by molar-refractivity contribution is 0.100. The van der Waals surface area contributed by atoms with Crippen molar-refractivity contribution in [2.45, 2.75) is 13.0 Å². The first-order valence-electron chi connectivity index (χ1n) is 6.60. The first kappa shape index (κ1) is 15.3. The minimum absolute atomic E-state index is 0.276. The Balaban J connectivity index is 2.10. The third kappa shape index (κ3) is 3.70. The summed E-state index contributed by atoms with van der Waals surface area (Å²) in [6.07, 6.45) is -1.05. The van der Waals surface area contributed by atoms with Gasteiger partial charge in [-0.05, 0) is 25.1 Å². The minimum atomic E-state index is -1.05. The van der Waals surface area contributed by atoms with Crippen molar-refractivity contribution in [2.75, 3.05) is 13.2 Å². The van der Waals surface area contributed by atoms with Crippen molar-refractivity contribution in [3.05, 3.63) is 59.7 Å². The van der Waals surface area contributed by atoms with Crippen LogP contribution in [0.15, 0.2) is 42.5 Å². The van der Waals surface area contributed by atoms with Crippen LogP contribution in [0.25, 0.3) is 0 Å². The van der Waals surface area contributed by atoms with Crippen LogP contribution in [0.3, 0.4) is 0 Å². The predicted octanol–water partition coefficient (Wildman–Crippen LogP) is 3.48. The summed E-state index contributed by atoms with van der Waals surface area (Å²) in [7, 11) is 0. The Labute approximate surface area is 121 Å². The molecule has 112 valence electrons. The highest BCUT2D eigenvalue weighted by molar-refractivity contribution is 5.35. The van der Waals surface area contributed by atoms with Gasteiger partial charge in [-0.2, -0.15) is 0 Å². The summed E-state index contributed by atoms with van der Waals surface area (Å²) in [5, 5.41) is 10.1. The molecule has 0 bridgehead atoms. The zero-order valence-electron chi connectivity index (χ0n) is 11.6. The third-order valence-electron chi connectivity index (χ3n) is 2.88. The molecule has 0 saturated carbocycles. The van der Waals surface area contributed by atoms with Gasteiger partial charge in [0.1, 0.15) is 18.5 Å². The molecule has 0 aromatic heterocycles. The van der Waals surface area contributed by atoms with Gasteiger partial charge in [-0.1, -0.05) is 24.3 Å². The lowest BCUT2D eigenvalue weighted by atomic mass is 10.1. The second-order valence-corrected chi connectivity index (χ2v) is 4.35. The van der Waals surface area contributed by atoms with Gasteiger partial charge < -0.3 is 14.6 Å². The molecule has 2 aromatic rings. The molecule has 0 spiro atoms. The number of ether oxygens (including phenoxy) is 2. The van der Waals surface area contributed by atoms with Crippen molar-refractivity contribution >= 4 is 0 Å². The van der Waals surface area contributed by atoms with E-state index < -0.39 is 23.5 Å². The van der Waals surface area contributed by atoms with Crippen LogP contribution in [-0.4, -0.2) is 18.3 Å². The molecule has 1 N–H and O–H groups in total. The molecule has 0 aliphatic carbocycles. The molecule has 0 radical (unpaired) electrons. The summed E-state index contributed by atoms with van der Waals surface area (Å²) >= 11 is 0. The van der Waals surface area contributed by atoms with Crippen LogP contribution in [0, 0.1) is 11.6 Å². The molecule has 0 aliphatic rings. The van der Waals surface area contributed by atoms with E-state index >= 15 is 0 Å². The van der Waals surface area contributed by atoms with Crippen molar-refractivity contribution in [3.8, 4) is 11.5 Å². The molecule has 0 fully saturated rings. The van der Waals surface area contributed by atoms with E-state index in [-0.39, 0.29) is 6.61 Å². The Morgan fingerprint density at radius 1 is 1.00 bits per heavy atom. The quantitative estimate of drug-likeness (QED) is 0.886. The van der Waals surface area contributed by atoms with E-state index in [2.05, 4.69) is 0 Å². The summed E-state index contributed by atoms with van der Waals surface area (Å²) in [6, 6.07) is 10.3. The molecule has 1 unspecified atom stereocenters. The highest BCUT2D eigenvalue weighted by atomic mass is 19.1. The summed E-state index contributed by atoms with van der Waals surface area (Å²) in [6.45, 7) is 2.00. The first-order chi connectivity index (χ1) is 10.1. The molecule has 0 heterocycles. The maximum Gasteiger partial charge on any atom is 0.190 e. The number of hydrogen-bond acceptors (Lipinski definition) is 3. The van der Waals surface area contributed by atoms with Crippen LogP contribution in [-0.2, 0) is 0 Å². The highest BCUT2D eigenvalue weighted by Crippen LogP contribution is 2.27. The summed E-state index contributed by atoms with van der Waals surface area (Å²) in [5.41, 5.74) is 0.510. The number of para-hydroxylation sites is 2. The number of rotatable bonds is 6. The standard InChI is InChI=1S/C16H16F2O3/c1-2-20-15-9-4-3-6-11(15)14(19)10-21-16-12(17)7-5-8-13(16)18/h3-9,14,19H,2,10H2,1H3. The van der Waals surface area contributed by atoms with Crippen LogP contribution in [0.2, 0.25) is 0 Å². The summed E-state index contributed by atoms with van der Waals surface area (Å²) in [5.74, 6) is -1.59. The molecule has 0 aliphatic heterocycles. The summed E-state index contributed by atoms with van der Waals surface area (Å²) in [4.78, 5) is 0. The average Bonchev–Trinajstić information content (AvgIpc) is 2.47. The van der Waals surface area contributed by atoms with E-state index in [1.807, 2.05) is 6.92 Å². The van der Waals surface area contributed by atoms with E-state index in [4.69, 9.17) is 9.47 Å². The number of aliphatic hydroxyl groups is 1. The van der Waals surface area contributed by atoms with E-state index in [9.17, 15) is 13.9 Å². The lowest BCUT2D eigenvalue weighted by Crippen LogP contribution is -2.12. The fourth-order valence-electron chi connectivity index (χ4n) is 1.92. The second-order valence-electron chi connectivity index (χ2n) is 4.35. The van der Waals surface area contributed by atoms with Gasteiger partial charge in [0.05, 0.1) is 6.61 Å².